The SMILES string of the molecule is CC(C)NC(=O)Cn1c(-c2ccc(F)c(Cl)c2)nc2ccc(N3CCN4CCC3CC4)cc2c1=O. The maximum atomic E-state index is 13.8. The molecule has 1 aromatic heterocycles. The molecule has 3 aliphatic rings. The fraction of sp³-hybridized carbons (Fsp3) is 0.423. The van der Waals surface area contributed by atoms with Gasteiger partial charge in [-0.2, -0.15) is 0 Å². The molecule has 4 heterocycles. The summed E-state index contributed by atoms with van der Waals surface area (Å²) in [7, 11) is 0. The molecule has 3 fully saturated rings. The Labute approximate surface area is 208 Å². The molecule has 6 rings (SSSR count). The van der Waals surface area contributed by atoms with Gasteiger partial charge in [0.25, 0.3) is 5.56 Å². The summed E-state index contributed by atoms with van der Waals surface area (Å²) in [5.74, 6) is -0.583. The molecule has 0 saturated carbocycles. The highest BCUT2D eigenvalue weighted by molar-refractivity contribution is 6.31. The van der Waals surface area contributed by atoms with Crippen molar-refractivity contribution in [2.45, 2.75) is 45.3 Å². The number of nitrogens with one attached hydrogen (secondary N) is 1. The third-order valence-electron chi connectivity index (χ3n) is 6.85. The van der Waals surface area contributed by atoms with Gasteiger partial charge in [-0.3, -0.25) is 14.2 Å². The molecule has 9 heteroatoms. The zero-order valence-corrected chi connectivity index (χ0v) is 20.7. The third kappa shape index (κ3) is 4.77. The van der Waals surface area contributed by atoms with Crippen LogP contribution in [-0.2, 0) is 11.3 Å². The van der Waals surface area contributed by atoms with Crippen LogP contribution in [0.3, 0.4) is 0 Å². The van der Waals surface area contributed by atoms with Gasteiger partial charge in [0.1, 0.15) is 18.2 Å². The molecule has 2 bridgehead atoms. The maximum Gasteiger partial charge on any atom is 0.262 e. The van der Waals surface area contributed by atoms with E-state index in [9.17, 15) is 14.0 Å². The average Bonchev–Trinajstić information content (AvgIpc) is 3.16. The number of hydrogen-bond acceptors (Lipinski definition) is 5. The number of benzene rings is 2. The Hall–Kier alpha value is -2.97. The Balaban J connectivity index is 1.63. The van der Waals surface area contributed by atoms with Crippen molar-refractivity contribution in [2.24, 2.45) is 0 Å². The molecular weight excluding hydrogens is 469 g/mol. The summed E-state index contributed by atoms with van der Waals surface area (Å²) in [6, 6.07) is 10.3. The largest absolute Gasteiger partial charge is 0.367 e. The van der Waals surface area contributed by atoms with Crippen LogP contribution in [-0.4, -0.2) is 58.6 Å². The standard InChI is InChI=1S/C26H29ClFN5O2/c1-16(2)29-24(34)15-33-25(17-3-5-22(28)21(27)13-17)30-23-6-4-19(14-20(23)26(33)35)32-12-11-31-9-7-18(32)8-10-31/h3-6,13-14,16,18H,7-12,15H2,1-2H3,(H,29,34). The highest BCUT2D eigenvalue weighted by atomic mass is 35.5. The fourth-order valence-electron chi connectivity index (χ4n) is 5.13. The molecule has 1 N–H and O–H groups in total. The number of aromatic nitrogens is 2. The molecule has 0 spiro atoms. The summed E-state index contributed by atoms with van der Waals surface area (Å²) >= 11 is 6.02. The number of halogens is 2. The van der Waals surface area contributed by atoms with Gasteiger partial charge in [-0.25, -0.2) is 9.37 Å². The molecule has 0 unspecified atom stereocenters. The third-order valence-corrected chi connectivity index (χ3v) is 7.14. The number of fused-ring (bicyclic) bond motifs is 5. The molecule has 3 saturated heterocycles. The fourth-order valence-corrected chi connectivity index (χ4v) is 5.31. The van der Waals surface area contributed by atoms with Gasteiger partial charge >= 0.3 is 0 Å². The molecule has 0 atom stereocenters. The number of carbonyl (C=O) groups is 1. The molecule has 1 amide bonds. The van der Waals surface area contributed by atoms with Crippen LogP contribution >= 0.6 is 11.6 Å². The number of rotatable bonds is 5. The minimum Gasteiger partial charge on any atom is -0.367 e. The number of carbonyl (C=O) groups excluding carboxylic acids is 1. The zero-order chi connectivity index (χ0) is 24.7. The molecule has 3 aromatic rings. The van der Waals surface area contributed by atoms with Crippen LogP contribution in [0.4, 0.5) is 10.1 Å². The van der Waals surface area contributed by atoms with Crippen molar-refractivity contribution in [2.75, 3.05) is 31.1 Å². The van der Waals surface area contributed by atoms with Crippen LogP contribution in [0.1, 0.15) is 26.7 Å². The predicted octanol–water partition coefficient (Wildman–Crippen LogP) is 3.67. The van der Waals surface area contributed by atoms with Crippen LogP contribution in [0.15, 0.2) is 41.2 Å². The van der Waals surface area contributed by atoms with E-state index in [1.54, 1.807) is 0 Å². The van der Waals surface area contributed by atoms with Crippen LogP contribution < -0.4 is 15.8 Å². The van der Waals surface area contributed by atoms with Crippen molar-refractivity contribution >= 4 is 34.1 Å². The molecule has 0 radical (unpaired) electrons. The molecule has 35 heavy (non-hydrogen) atoms. The second-order valence-corrected chi connectivity index (χ2v) is 10.1. The van der Waals surface area contributed by atoms with Crippen LogP contribution in [0.25, 0.3) is 22.3 Å². The molecular formula is C26H29ClFN5O2. The van der Waals surface area contributed by atoms with Gasteiger partial charge < -0.3 is 15.1 Å². The first-order valence-corrected chi connectivity index (χ1v) is 12.5. The summed E-state index contributed by atoms with van der Waals surface area (Å²) in [6.07, 6.45) is 2.22. The Morgan fingerprint density at radius 2 is 1.91 bits per heavy atom. The molecule has 3 aliphatic heterocycles. The Morgan fingerprint density at radius 1 is 1.14 bits per heavy atom. The van der Waals surface area contributed by atoms with E-state index in [4.69, 9.17) is 16.6 Å². The van der Waals surface area contributed by atoms with Crippen LogP contribution in [0.2, 0.25) is 5.02 Å². The number of nitrogens with zero attached hydrogens (tertiary/aromatic N) is 4. The van der Waals surface area contributed by atoms with Gasteiger partial charge in [0.15, 0.2) is 0 Å². The topological polar surface area (TPSA) is 70.5 Å². The zero-order valence-electron chi connectivity index (χ0n) is 19.9. The van der Waals surface area contributed by atoms with E-state index in [-0.39, 0.29) is 34.9 Å². The van der Waals surface area contributed by atoms with Crippen molar-refractivity contribution in [3.05, 3.63) is 57.6 Å². The Kier molecular flexibility index (Phi) is 6.51. The highest BCUT2D eigenvalue weighted by Crippen LogP contribution is 2.30. The molecule has 2 aromatic carbocycles. The Morgan fingerprint density at radius 3 is 2.63 bits per heavy atom. The van der Waals surface area contributed by atoms with E-state index >= 15 is 0 Å². The van der Waals surface area contributed by atoms with Crippen molar-refractivity contribution < 1.29 is 9.18 Å². The van der Waals surface area contributed by atoms with Crippen LogP contribution in [0, 0.1) is 5.82 Å². The lowest BCUT2D eigenvalue weighted by molar-refractivity contribution is -0.122. The Bertz CT molecular complexity index is 1330. The van der Waals surface area contributed by atoms with Gasteiger partial charge in [0, 0.05) is 49.5 Å². The van der Waals surface area contributed by atoms with Gasteiger partial charge in [0.2, 0.25) is 5.91 Å². The van der Waals surface area contributed by atoms with Gasteiger partial charge in [0.05, 0.1) is 15.9 Å². The van der Waals surface area contributed by atoms with Gasteiger partial charge in [-0.1, -0.05) is 11.6 Å². The van der Waals surface area contributed by atoms with Crippen molar-refractivity contribution in [3.63, 3.8) is 0 Å². The van der Waals surface area contributed by atoms with Crippen molar-refractivity contribution in [1.82, 2.24) is 19.8 Å². The lowest BCUT2D eigenvalue weighted by atomic mass is 10.0. The average molecular weight is 498 g/mol. The quantitative estimate of drug-likeness (QED) is 0.582. The van der Waals surface area contributed by atoms with E-state index in [0.717, 1.165) is 44.7 Å². The lowest BCUT2D eigenvalue weighted by Gasteiger charge is -2.33. The van der Waals surface area contributed by atoms with Crippen molar-refractivity contribution in [1.29, 1.82) is 0 Å². The normalized spacial score (nSPS) is 19.9. The first-order valence-electron chi connectivity index (χ1n) is 12.1. The predicted molar refractivity (Wildman–Crippen MR) is 136 cm³/mol. The second-order valence-electron chi connectivity index (χ2n) is 9.65. The molecule has 0 aliphatic carbocycles. The van der Waals surface area contributed by atoms with E-state index in [2.05, 4.69) is 15.1 Å². The summed E-state index contributed by atoms with van der Waals surface area (Å²) < 4.78 is 15.2. The molecule has 7 nitrogen and oxygen atoms in total. The van der Waals surface area contributed by atoms with E-state index < -0.39 is 5.82 Å². The maximum absolute atomic E-state index is 13.8. The first kappa shape index (κ1) is 23.8. The molecule has 184 valence electrons. The number of piperidine rings is 1. The summed E-state index contributed by atoms with van der Waals surface area (Å²) in [6.45, 7) is 7.66. The number of hydrogen-bond donors (Lipinski definition) is 1. The minimum atomic E-state index is -0.560. The van der Waals surface area contributed by atoms with E-state index in [0.29, 0.717) is 22.5 Å². The van der Waals surface area contributed by atoms with E-state index in [1.807, 2.05) is 32.0 Å². The number of amides is 1. The number of anilines is 1. The van der Waals surface area contributed by atoms with Gasteiger partial charge in [-0.15, -0.1) is 0 Å². The first-order chi connectivity index (χ1) is 16.8. The summed E-state index contributed by atoms with van der Waals surface area (Å²) in [4.78, 5) is 36.0. The lowest BCUT2D eigenvalue weighted by Crippen LogP contribution is -2.38. The highest BCUT2D eigenvalue weighted by Gasteiger charge is 2.29. The minimum absolute atomic E-state index is 0.0721. The second kappa shape index (κ2) is 9.59. The summed E-state index contributed by atoms with van der Waals surface area (Å²) in [5.41, 5.74) is 1.68. The van der Waals surface area contributed by atoms with E-state index in [1.165, 1.54) is 22.8 Å². The summed E-state index contributed by atoms with van der Waals surface area (Å²) in [5, 5.41) is 3.21. The monoisotopic (exact) mass is 497 g/mol. The van der Waals surface area contributed by atoms with Crippen LogP contribution in [0.5, 0.6) is 0 Å². The van der Waals surface area contributed by atoms with Gasteiger partial charge in [-0.05, 0) is 63.1 Å². The smallest absolute Gasteiger partial charge is 0.262 e. The van der Waals surface area contributed by atoms with Crippen molar-refractivity contribution in [3.8, 4) is 11.4 Å².